The van der Waals surface area contributed by atoms with Crippen LogP contribution in [0, 0.1) is 0 Å². The van der Waals surface area contributed by atoms with Crippen LogP contribution >= 0.6 is 0 Å². The van der Waals surface area contributed by atoms with Crippen LogP contribution in [0.3, 0.4) is 0 Å². The molecule has 3 heteroatoms. The molecular formula is C62H40N2O. The van der Waals surface area contributed by atoms with Gasteiger partial charge in [0.15, 0.2) is 0 Å². The van der Waals surface area contributed by atoms with Gasteiger partial charge in [0.25, 0.3) is 0 Å². The Labute approximate surface area is 376 Å². The van der Waals surface area contributed by atoms with E-state index in [1.54, 1.807) is 0 Å². The zero-order valence-electron chi connectivity index (χ0n) is 35.4. The summed E-state index contributed by atoms with van der Waals surface area (Å²) in [4.78, 5) is 2.43. The molecule has 0 aliphatic rings. The average molecular weight is 829 g/mol. The van der Waals surface area contributed by atoms with Crippen LogP contribution < -0.4 is 4.90 Å². The van der Waals surface area contributed by atoms with Crippen molar-refractivity contribution in [2.75, 3.05) is 4.90 Å². The lowest BCUT2D eigenvalue weighted by atomic mass is 9.91. The van der Waals surface area contributed by atoms with Crippen LogP contribution in [0.2, 0.25) is 0 Å². The van der Waals surface area contributed by atoms with E-state index in [2.05, 4.69) is 240 Å². The summed E-state index contributed by atoms with van der Waals surface area (Å²) in [7, 11) is 0. The number of fused-ring (bicyclic) bond motifs is 9. The van der Waals surface area contributed by atoms with Gasteiger partial charge in [0, 0.05) is 44.2 Å². The fourth-order valence-electron chi connectivity index (χ4n) is 10.2. The van der Waals surface area contributed by atoms with E-state index in [-0.39, 0.29) is 0 Å². The molecule has 0 saturated heterocycles. The summed E-state index contributed by atoms with van der Waals surface area (Å²) >= 11 is 0. The molecule has 0 atom stereocenters. The number of rotatable bonds is 7. The fraction of sp³-hybridized carbons (Fsp3) is 0. The predicted molar refractivity (Wildman–Crippen MR) is 274 cm³/mol. The number of benzene rings is 11. The van der Waals surface area contributed by atoms with E-state index >= 15 is 0 Å². The number of furan rings is 1. The number of anilines is 3. The van der Waals surface area contributed by atoms with Gasteiger partial charge >= 0.3 is 0 Å². The quantitative estimate of drug-likeness (QED) is 0.149. The summed E-state index contributed by atoms with van der Waals surface area (Å²) in [6.45, 7) is 0. The van der Waals surface area contributed by atoms with E-state index in [0.29, 0.717) is 0 Å². The maximum Gasteiger partial charge on any atom is 0.136 e. The van der Waals surface area contributed by atoms with Crippen LogP contribution in [0.4, 0.5) is 17.1 Å². The molecule has 304 valence electrons. The lowest BCUT2D eigenvalue weighted by Gasteiger charge is -2.29. The molecule has 0 aliphatic carbocycles. The molecule has 0 N–H and O–H groups in total. The molecule has 0 spiro atoms. The van der Waals surface area contributed by atoms with Gasteiger partial charge in [-0.3, -0.25) is 0 Å². The number of para-hydroxylation sites is 3. The Balaban J connectivity index is 1.03. The van der Waals surface area contributed by atoms with Gasteiger partial charge in [-0.05, 0) is 122 Å². The Bertz CT molecular complexity index is 3880. The minimum atomic E-state index is 0.892. The van der Waals surface area contributed by atoms with Gasteiger partial charge in [-0.25, -0.2) is 0 Å². The Kier molecular flexibility index (Phi) is 8.53. The summed E-state index contributed by atoms with van der Waals surface area (Å²) in [6.07, 6.45) is 0. The Morgan fingerprint density at radius 2 is 0.877 bits per heavy atom. The highest BCUT2D eigenvalue weighted by Crippen LogP contribution is 2.46. The molecule has 0 aliphatic heterocycles. The van der Waals surface area contributed by atoms with E-state index in [1.165, 1.54) is 48.9 Å². The lowest BCUT2D eigenvalue weighted by molar-refractivity contribution is 0.669. The van der Waals surface area contributed by atoms with Crippen LogP contribution in [0.15, 0.2) is 247 Å². The summed E-state index contributed by atoms with van der Waals surface area (Å²) in [5, 5.41) is 9.73. The summed E-state index contributed by atoms with van der Waals surface area (Å²) < 4.78 is 8.70. The molecule has 0 fully saturated rings. The average Bonchev–Trinajstić information content (AvgIpc) is 3.93. The number of nitrogens with zero attached hydrogens (tertiary/aromatic N) is 2. The second kappa shape index (κ2) is 15.0. The van der Waals surface area contributed by atoms with Gasteiger partial charge in [0.2, 0.25) is 0 Å². The molecule has 11 aromatic carbocycles. The normalized spacial score (nSPS) is 11.7. The summed E-state index contributed by atoms with van der Waals surface area (Å²) in [6, 6.07) is 87.9. The lowest BCUT2D eigenvalue weighted by Crippen LogP contribution is -2.12. The molecule has 0 amide bonds. The Morgan fingerprint density at radius 1 is 0.323 bits per heavy atom. The second-order valence-electron chi connectivity index (χ2n) is 16.8. The van der Waals surface area contributed by atoms with Crippen LogP contribution in [0.1, 0.15) is 0 Å². The van der Waals surface area contributed by atoms with E-state index in [9.17, 15) is 0 Å². The van der Waals surface area contributed by atoms with Crippen LogP contribution in [-0.4, -0.2) is 4.57 Å². The molecular weight excluding hydrogens is 789 g/mol. The maximum absolute atomic E-state index is 6.32. The molecule has 0 unspecified atom stereocenters. The van der Waals surface area contributed by atoms with Crippen molar-refractivity contribution in [2.45, 2.75) is 0 Å². The fourth-order valence-corrected chi connectivity index (χ4v) is 10.2. The van der Waals surface area contributed by atoms with Crippen molar-refractivity contribution in [3.05, 3.63) is 243 Å². The zero-order valence-corrected chi connectivity index (χ0v) is 35.4. The Morgan fingerprint density at radius 3 is 1.62 bits per heavy atom. The van der Waals surface area contributed by atoms with Gasteiger partial charge in [-0.1, -0.05) is 170 Å². The number of hydrogen-bond donors (Lipinski definition) is 0. The third-order valence-corrected chi connectivity index (χ3v) is 13.2. The second-order valence-corrected chi connectivity index (χ2v) is 16.8. The first-order valence-corrected chi connectivity index (χ1v) is 22.2. The predicted octanol–water partition coefficient (Wildman–Crippen LogP) is 17.5. The molecule has 2 aromatic heterocycles. The zero-order chi connectivity index (χ0) is 42.8. The molecule has 65 heavy (non-hydrogen) atoms. The summed E-state index contributed by atoms with van der Waals surface area (Å²) in [5.41, 5.74) is 15.4. The maximum atomic E-state index is 6.32. The van der Waals surface area contributed by atoms with Crippen molar-refractivity contribution in [1.82, 2.24) is 4.57 Å². The van der Waals surface area contributed by atoms with Crippen molar-refractivity contribution in [3.63, 3.8) is 0 Å². The minimum Gasteiger partial charge on any atom is -0.456 e. The standard InChI is InChI=1S/C62H40N2O/c1-2-15-41(16-3-1)49-38-31-44(56-39-43-17-4-5-18-48(43)51-19-6-7-20-52(51)56)40-59(49)63(45-32-29-42(30-33-45)50-24-14-28-61-62(50)55-23-10-13-27-60(55)65-61)46-34-36-47(37-35-46)64-57-25-11-8-21-53(57)54-22-9-12-26-58(54)64/h1-40H. The van der Waals surface area contributed by atoms with Crippen molar-refractivity contribution in [1.29, 1.82) is 0 Å². The van der Waals surface area contributed by atoms with Gasteiger partial charge in [0.05, 0.1) is 16.7 Å². The van der Waals surface area contributed by atoms with E-state index in [4.69, 9.17) is 4.42 Å². The van der Waals surface area contributed by atoms with Crippen LogP contribution in [0.25, 0.3) is 104 Å². The van der Waals surface area contributed by atoms with Crippen LogP contribution in [-0.2, 0) is 0 Å². The molecule has 0 bridgehead atoms. The van der Waals surface area contributed by atoms with Crippen molar-refractivity contribution >= 4 is 82.4 Å². The SMILES string of the molecule is c1ccc(-c2ccc(-c3cc4ccccc4c4ccccc34)cc2N(c2ccc(-c3cccc4oc5ccccc5c34)cc2)c2ccc(-n3c4ccccc4c4ccccc43)cc2)cc1. The van der Waals surface area contributed by atoms with E-state index in [1.807, 2.05) is 12.1 Å². The van der Waals surface area contributed by atoms with E-state index in [0.717, 1.165) is 72.5 Å². The minimum absolute atomic E-state index is 0.892. The van der Waals surface area contributed by atoms with Gasteiger partial charge in [0.1, 0.15) is 11.2 Å². The molecule has 0 saturated carbocycles. The summed E-state index contributed by atoms with van der Waals surface area (Å²) in [5.74, 6) is 0. The molecule has 13 rings (SSSR count). The number of aromatic nitrogens is 1. The monoisotopic (exact) mass is 828 g/mol. The Hall–Kier alpha value is -8.66. The van der Waals surface area contributed by atoms with Gasteiger partial charge in [-0.2, -0.15) is 0 Å². The highest BCUT2D eigenvalue weighted by molar-refractivity contribution is 6.15. The van der Waals surface area contributed by atoms with Crippen molar-refractivity contribution in [3.8, 4) is 39.1 Å². The first-order valence-electron chi connectivity index (χ1n) is 22.2. The highest BCUT2D eigenvalue weighted by atomic mass is 16.3. The highest BCUT2D eigenvalue weighted by Gasteiger charge is 2.21. The van der Waals surface area contributed by atoms with Gasteiger partial charge < -0.3 is 13.9 Å². The van der Waals surface area contributed by atoms with Crippen molar-refractivity contribution in [2.24, 2.45) is 0 Å². The van der Waals surface area contributed by atoms with Gasteiger partial charge in [-0.15, -0.1) is 0 Å². The first kappa shape index (κ1) is 36.9. The van der Waals surface area contributed by atoms with Crippen molar-refractivity contribution < 1.29 is 4.42 Å². The topological polar surface area (TPSA) is 21.3 Å². The number of hydrogen-bond acceptors (Lipinski definition) is 2. The smallest absolute Gasteiger partial charge is 0.136 e. The molecule has 0 radical (unpaired) electrons. The third kappa shape index (κ3) is 6.05. The first-order chi connectivity index (χ1) is 32.2. The molecule has 2 heterocycles. The largest absolute Gasteiger partial charge is 0.456 e. The molecule has 3 nitrogen and oxygen atoms in total. The molecule has 13 aromatic rings. The van der Waals surface area contributed by atoms with E-state index < -0.39 is 0 Å². The van der Waals surface area contributed by atoms with Crippen LogP contribution in [0.5, 0.6) is 0 Å². The third-order valence-electron chi connectivity index (χ3n) is 13.2.